The molecule has 0 bridgehead atoms. The normalized spacial score (nSPS) is 20.7. The summed E-state index contributed by atoms with van der Waals surface area (Å²) in [4.78, 5) is 48.2. The lowest BCUT2D eigenvalue weighted by atomic mass is 9.49. The van der Waals surface area contributed by atoms with Crippen molar-refractivity contribution < 1.29 is 66.1 Å². The molecule has 2 aromatic rings. The Bertz CT molecular complexity index is 1900. The van der Waals surface area contributed by atoms with Crippen molar-refractivity contribution in [2.45, 2.75) is 194 Å². The Morgan fingerprint density at radius 1 is 0.500 bits per heavy atom. The van der Waals surface area contributed by atoms with Crippen molar-refractivity contribution in [3.8, 4) is 0 Å². The van der Waals surface area contributed by atoms with Gasteiger partial charge in [0.1, 0.15) is 11.2 Å². The van der Waals surface area contributed by atoms with Crippen LogP contribution in [0.4, 0.5) is 0 Å². The molecule has 0 aliphatic carbocycles. The summed E-state index contributed by atoms with van der Waals surface area (Å²) in [5.41, 5.74) is -1.23. The molecule has 0 radical (unpaired) electrons. The van der Waals surface area contributed by atoms with Crippen LogP contribution in [0.1, 0.15) is 160 Å². The molecule has 2 unspecified atom stereocenters. The SMILES string of the molecule is CC1(C)OB(B2OC(C)(C)C(C)(C)O2)OC1(C)C.COC(=O)C(CC(=O)OC(C)(C)C)c1ccc(B2OC(C)(C)C(C)(C)O2)cc1.COC(=O)C(CC(=O)OC(C)(C)C)c1ccc(Br)cc1. The molecule has 5 rings (SSSR count). The first-order valence-corrected chi connectivity index (χ1v) is 23.2. The average molecular weight is 987 g/mol. The second-order valence-corrected chi connectivity index (χ2v) is 22.7. The standard InChI is InChI=1S/C21H31BO6.C15H19BrO4.C12H24B2O4/c1-19(2,3)26-17(23)13-16(18(24)25-8)14-9-11-15(12-10-14)22-27-20(4,5)21(6,7)28-22;1-15(2,3)20-13(17)9-12(14(18)19-4)10-5-7-11(16)8-6-10;1-9(2)10(3,4)16-13(15-9)14-17-11(5,6)12(7,8)18-14/h9-12,16H,13H2,1-8H3;5-8,12H,9H2,1-4H3;1-8H3. The van der Waals surface area contributed by atoms with Crippen molar-refractivity contribution >= 4 is 66.4 Å². The molecule has 0 aromatic heterocycles. The van der Waals surface area contributed by atoms with Gasteiger partial charge in [0.05, 0.1) is 72.5 Å². The van der Waals surface area contributed by atoms with E-state index in [-0.39, 0.29) is 35.2 Å². The van der Waals surface area contributed by atoms with E-state index in [1.54, 1.807) is 65.8 Å². The van der Waals surface area contributed by atoms with Gasteiger partial charge in [0.15, 0.2) is 0 Å². The van der Waals surface area contributed by atoms with Gasteiger partial charge in [-0.05, 0) is 153 Å². The molecule has 3 aliphatic rings. The molecule has 3 heterocycles. The number of halogens is 1. The van der Waals surface area contributed by atoms with Gasteiger partial charge >= 0.3 is 45.0 Å². The third-order valence-corrected chi connectivity index (χ3v) is 13.0. The highest BCUT2D eigenvalue weighted by molar-refractivity contribution is 9.10. The summed E-state index contributed by atoms with van der Waals surface area (Å²) < 4.78 is 57.1. The zero-order chi connectivity index (χ0) is 50.6. The first-order valence-electron chi connectivity index (χ1n) is 22.4. The summed E-state index contributed by atoms with van der Waals surface area (Å²) >= 11 is 3.33. The molecule has 366 valence electrons. The summed E-state index contributed by atoms with van der Waals surface area (Å²) in [5, 5.41) is 0. The largest absolute Gasteiger partial charge is 0.494 e. The topological polar surface area (TPSA) is 161 Å². The third-order valence-electron chi connectivity index (χ3n) is 12.5. The number of carbonyl (C=O) groups excluding carboxylic acids is 4. The predicted octanol–water partition coefficient (Wildman–Crippen LogP) is 8.66. The zero-order valence-corrected chi connectivity index (χ0v) is 44.6. The molecule has 3 fully saturated rings. The molecule has 0 spiro atoms. The molecule has 2 atom stereocenters. The average Bonchev–Trinajstić information content (AvgIpc) is 3.64. The van der Waals surface area contributed by atoms with Crippen LogP contribution in [-0.2, 0) is 66.1 Å². The Morgan fingerprint density at radius 3 is 1.05 bits per heavy atom. The molecule has 14 nitrogen and oxygen atoms in total. The maximum Gasteiger partial charge on any atom is 0.494 e. The highest BCUT2D eigenvalue weighted by Crippen LogP contribution is 2.43. The first-order chi connectivity index (χ1) is 29.9. The van der Waals surface area contributed by atoms with Crippen molar-refractivity contribution in [2.24, 2.45) is 0 Å². The Morgan fingerprint density at radius 2 is 0.773 bits per heavy atom. The van der Waals surface area contributed by atoms with E-state index in [0.29, 0.717) is 5.56 Å². The summed E-state index contributed by atoms with van der Waals surface area (Å²) in [6, 6.07) is 14.5. The van der Waals surface area contributed by atoms with E-state index < -0.39 is 79.3 Å². The summed E-state index contributed by atoms with van der Waals surface area (Å²) in [6.07, 6.45) is -0.120. The number of methoxy groups -OCH3 is 2. The van der Waals surface area contributed by atoms with Gasteiger partial charge in [0.2, 0.25) is 0 Å². The molecule has 66 heavy (non-hydrogen) atoms. The van der Waals surface area contributed by atoms with Gasteiger partial charge in [0.25, 0.3) is 0 Å². The highest BCUT2D eigenvalue weighted by atomic mass is 79.9. The van der Waals surface area contributed by atoms with Gasteiger partial charge < -0.3 is 46.9 Å². The van der Waals surface area contributed by atoms with Gasteiger partial charge in [-0.15, -0.1) is 0 Å². The van der Waals surface area contributed by atoms with Crippen LogP contribution in [0.5, 0.6) is 0 Å². The number of hydrogen-bond acceptors (Lipinski definition) is 14. The van der Waals surface area contributed by atoms with Gasteiger partial charge in [-0.3, -0.25) is 19.2 Å². The van der Waals surface area contributed by atoms with Crippen molar-refractivity contribution in [1.29, 1.82) is 0 Å². The van der Waals surface area contributed by atoms with Crippen molar-refractivity contribution in [1.82, 2.24) is 0 Å². The molecular formula is C48H74B3BrO14. The molecule has 0 N–H and O–H groups in total. The van der Waals surface area contributed by atoms with E-state index in [1.165, 1.54) is 14.2 Å². The van der Waals surface area contributed by atoms with Crippen LogP contribution < -0.4 is 5.46 Å². The minimum atomic E-state index is -0.729. The second-order valence-electron chi connectivity index (χ2n) is 21.8. The smallest absolute Gasteiger partial charge is 0.469 e. The summed E-state index contributed by atoms with van der Waals surface area (Å²) in [6.45, 7) is 34.9. The Labute approximate surface area is 403 Å². The Hall–Kier alpha value is -3.25. The van der Waals surface area contributed by atoms with Gasteiger partial charge in [0, 0.05) is 4.47 Å². The number of benzene rings is 2. The monoisotopic (exact) mass is 986 g/mol. The minimum Gasteiger partial charge on any atom is -0.469 e. The van der Waals surface area contributed by atoms with Crippen molar-refractivity contribution in [3.05, 3.63) is 64.1 Å². The van der Waals surface area contributed by atoms with Crippen LogP contribution in [-0.4, -0.2) is 104 Å². The van der Waals surface area contributed by atoms with E-state index in [0.717, 1.165) is 15.5 Å². The highest BCUT2D eigenvalue weighted by Gasteiger charge is 2.63. The lowest BCUT2D eigenvalue weighted by Gasteiger charge is -2.32. The number of esters is 4. The Kier molecular flexibility index (Phi) is 18.3. The summed E-state index contributed by atoms with van der Waals surface area (Å²) in [7, 11) is 1.18. The number of rotatable bonds is 10. The molecule has 3 aliphatic heterocycles. The maximum absolute atomic E-state index is 12.2. The first kappa shape index (κ1) is 57.1. The molecule has 18 heteroatoms. The number of hydrogen-bond donors (Lipinski definition) is 0. The number of carbonyl (C=O) groups is 4. The molecule has 0 amide bonds. The van der Waals surface area contributed by atoms with Crippen LogP contribution in [0.15, 0.2) is 53.0 Å². The van der Waals surface area contributed by atoms with E-state index in [4.69, 9.17) is 46.9 Å². The van der Waals surface area contributed by atoms with E-state index in [9.17, 15) is 19.2 Å². The van der Waals surface area contributed by atoms with E-state index in [2.05, 4.69) is 15.9 Å². The minimum absolute atomic E-state index is 0.0361. The van der Waals surface area contributed by atoms with E-state index in [1.807, 2.05) is 107 Å². The van der Waals surface area contributed by atoms with Gasteiger partial charge in [-0.2, -0.15) is 0 Å². The number of ether oxygens (including phenoxy) is 4. The molecule has 2 aromatic carbocycles. The fraction of sp³-hybridized carbons (Fsp3) is 0.667. The maximum atomic E-state index is 12.2. The fourth-order valence-corrected chi connectivity index (χ4v) is 6.88. The van der Waals surface area contributed by atoms with Gasteiger partial charge in [-0.25, -0.2) is 0 Å². The second kappa shape index (κ2) is 21.2. The lowest BCUT2D eigenvalue weighted by Crippen LogP contribution is -2.41. The van der Waals surface area contributed by atoms with Crippen LogP contribution in [0.2, 0.25) is 0 Å². The Balaban J connectivity index is 0.000000271. The third kappa shape index (κ3) is 15.1. The van der Waals surface area contributed by atoms with Crippen molar-refractivity contribution in [2.75, 3.05) is 14.2 Å². The van der Waals surface area contributed by atoms with Gasteiger partial charge in [-0.1, -0.05) is 52.3 Å². The van der Waals surface area contributed by atoms with Crippen LogP contribution in [0.3, 0.4) is 0 Å². The summed E-state index contributed by atoms with van der Waals surface area (Å²) in [5.74, 6) is -3.17. The molecular weight excluding hydrogens is 913 g/mol. The lowest BCUT2D eigenvalue weighted by molar-refractivity contribution is -0.159. The zero-order valence-electron chi connectivity index (χ0n) is 43.0. The fourth-order valence-electron chi connectivity index (χ4n) is 6.62. The van der Waals surface area contributed by atoms with Crippen LogP contribution in [0.25, 0.3) is 0 Å². The molecule has 0 saturated carbocycles. The van der Waals surface area contributed by atoms with Crippen LogP contribution in [0, 0.1) is 0 Å². The van der Waals surface area contributed by atoms with E-state index >= 15 is 0 Å². The molecule has 3 saturated heterocycles. The van der Waals surface area contributed by atoms with Crippen molar-refractivity contribution in [3.63, 3.8) is 0 Å². The van der Waals surface area contributed by atoms with Crippen LogP contribution >= 0.6 is 15.9 Å². The predicted molar refractivity (Wildman–Crippen MR) is 259 cm³/mol. The quantitative estimate of drug-likeness (QED) is 0.126.